The van der Waals surface area contributed by atoms with Crippen LogP contribution in [0, 0.1) is 23.2 Å². The van der Waals surface area contributed by atoms with Gasteiger partial charge in [-0.15, -0.1) is 0 Å². The lowest BCUT2D eigenvalue weighted by molar-refractivity contribution is -0.107. The Morgan fingerprint density at radius 2 is 1.70 bits per heavy atom. The first-order valence-electron chi connectivity index (χ1n) is 11.6. The van der Waals surface area contributed by atoms with Crippen LogP contribution in [0.3, 0.4) is 0 Å². The topological polar surface area (TPSA) is 78.5 Å². The fourth-order valence-corrected chi connectivity index (χ4v) is 3.75. The van der Waals surface area contributed by atoms with E-state index in [1.165, 1.54) is 0 Å². The van der Waals surface area contributed by atoms with Crippen molar-refractivity contribution < 1.29 is 9.59 Å². The summed E-state index contributed by atoms with van der Waals surface area (Å²) in [6.45, 7) is 10.1. The van der Waals surface area contributed by atoms with Crippen molar-refractivity contribution >= 4 is 17.8 Å². The molecule has 0 fully saturated rings. The van der Waals surface area contributed by atoms with Crippen LogP contribution in [-0.2, 0) is 11.2 Å². The van der Waals surface area contributed by atoms with Gasteiger partial charge in [-0.3, -0.25) is 4.79 Å². The Morgan fingerprint density at radius 1 is 1.06 bits per heavy atom. The van der Waals surface area contributed by atoms with Crippen molar-refractivity contribution in [3.05, 3.63) is 59.4 Å². The van der Waals surface area contributed by atoms with Crippen LogP contribution in [0.15, 0.2) is 42.6 Å². The van der Waals surface area contributed by atoms with E-state index >= 15 is 0 Å². The van der Waals surface area contributed by atoms with Crippen molar-refractivity contribution in [3.63, 3.8) is 0 Å². The summed E-state index contributed by atoms with van der Waals surface area (Å²) in [7, 11) is 0. The Labute approximate surface area is 195 Å². The monoisotopic (exact) mass is 444 g/mol. The number of nitrogens with zero attached hydrogens (tertiary/aromatic N) is 4. The number of fused-ring (bicyclic) bond motifs is 1. The normalized spacial score (nSPS) is 11.2. The molecule has 2 heterocycles. The first-order valence-corrected chi connectivity index (χ1v) is 11.6. The van der Waals surface area contributed by atoms with Gasteiger partial charge in [-0.1, -0.05) is 39.8 Å². The molecule has 0 saturated heterocycles. The van der Waals surface area contributed by atoms with Crippen molar-refractivity contribution in [2.45, 2.75) is 47.0 Å². The zero-order valence-electron chi connectivity index (χ0n) is 19.9. The third-order valence-corrected chi connectivity index (χ3v) is 5.77. The minimum atomic E-state index is 0.00359. The molecule has 1 amide bonds. The van der Waals surface area contributed by atoms with E-state index in [0.717, 1.165) is 43.5 Å². The summed E-state index contributed by atoms with van der Waals surface area (Å²) in [6.07, 6.45) is 4.74. The molecule has 172 valence electrons. The zero-order chi connectivity index (χ0) is 24.0. The van der Waals surface area contributed by atoms with Gasteiger partial charge < -0.3 is 14.1 Å². The minimum absolute atomic E-state index is 0.00359. The van der Waals surface area contributed by atoms with Crippen LogP contribution < -0.4 is 0 Å². The Balaban J connectivity index is 1.99. The number of benzene rings is 1. The Kier molecular flexibility index (Phi) is 8.00. The molecule has 6 heteroatoms. The average molecular weight is 445 g/mol. The fourth-order valence-electron chi connectivity index (χ4n) is 3.75. The van der Waals surface area contributed by atoms with Crippen molar-refractivity contribution in [2.24, 2.45) is 11.8 Å². The largest absolute Gasteiger partial charge is 0.339 e. The summed E-state index contributed by atoms with van der Waals surface area (Å²) in [6, 6.07) is 12.9. The van der Waals surface area contributed by atoms with E-state index < -0.39 is 0 Å². The standard InChI is InChI=1S/C27H32N4O2/c1-19(2)11-14-30(15-12-20(3)4)27(33)23-9-10-25-29-26(24(13-16-32)31(25)18-23)22-7-5-21(17-28)6-8-22/h5-10,16,18-20H,11-15H2,1-4H3. The highest BCUT2D eigenvalue weighted by Crippen LogP contribution is 2.26. The molecule has 2 aromatic heterocycles. The summed E-state index contributed by atoms with van der Waals surface area (Å²) in [5.74, 6) is 1.04. The van der Waals surface area contributed by atoms with Crippen LogP contribution in [0.2, 0.25) is 0 Å². The molecule has 6 nitrogen and oxygen atoms in total. The zero-order valence-corrected chi connectivity index (χ0v) is 19.9. The predicted molar refractivity (Wildman–Crippen MR) is 130 cm³/mol. The molecule has 0 aliphatic carbocycles. The number of nitriles is 1. The van der Waals surface area contributed by atoms with E-state index in [1.54, 1.807) is 18.3 Å². The average Bonchev–Trinajstić information content (AvgIpc) is 3.16. The number of aldehydes is 1. The second-order valence-corrected chi connectivity index (χ2v) is 9.27. The number of imidazole rings is 1. The molecule has 0 atom stereocenters. The smallest absolute Gasteiger partial charge is 0.255 e. The molecular formula is C27H32N4O2. The number of aromatic nitrogens is 2. The van der Waals surface area contributed by atoms with Gasteiger partial charge in [-0.05, 0) is 48.9 Å². The second kappa shape index (κ2) is 10.9. The molecule has 1 aromatic carbocycles. The van der Waals surface area contributed by atoms with Gasteiger partial charge in [0.2, 0.25) is 0 Å². The van der Waals surface area contributed by atoms with Gasteiger partial charge in [0, 0.05) is 31.3 Å². The number of carbonyl (C=O) groups is 2. The molecule has 0 radical (unpaired) electrons. The van der Waals surface area contributed by atoms with Crippen LogP contribution in [0.25, 0.3) is 16.9 Å². The summed E-state index contributed by atoms with van der Waals surface area (Å²) in [5.41, 5.74) is 4.08. The third kappa shape index (κ3) is 5.87. The van der Waals surface area contributed by atoms with Crippen LogP contribution in [0.4, 0.5) is 0 Å². The molecule has 33 heavy (non-hydrogen) atoms. The van der Waals surface area contributed by atoms with E-state index in [0.29, 0.717) is 34.3 Å². The summed E-state index contributed by atoms with van der Waals surface area (Å²) in [4.78, 5) is 31.5. The fraction of sp³-hybridized carbons (Fsp3) is 0.407. The van der Waals surface area contributed by atoms with Gasteiger partial charge in [0.25, 0.3) is 5.91 Å². The quantitative estimate of drug-likeness (QED) is 0.405. The maximum Gasteiger partial charge on any atom is 0.255 e. The molecular weight excluding hydrogens is 412 g/mol. The lowest BCUT2D eigenvalue weighted by Crippen LogP contribution is -2.34. The molecule has 0 spiro atoms. The van der Waals surface area contributed by atoms with Crippen LogP contribution in [-0.4, -0.2) is 39.6 Å². The van der Waals surface area contributed by atoms with Gasteiger partial charge in [-0.2, -0.15) is 5.26 Å². The summed E-state index contributed by atoms with van der Waals surface area (Å²) in [5, 5.41) is 9.06. The molecule has 0 aliphatic heterocycles. The highest BCUT2D eigenvalue weighted by molar-refractivity contribution is 5.94. The molecule has 0 aliphatic rings. The van der Waals surface area contributed by atoms with Gasteiger partial charge in [0.15, 0.2) is 0 Å². The van der Waals surface area contributed by atoms with Gasteiger partial charge in [0.1, 0.15) is 11.9 Å². The first-order chi connectivity index (χ1) is 15.8. The predicted octanol–water partition coefficient (Wildman–Crippen LogP) is 5.15. The highest BCUT2D eigenvalue weighted by atomic mass is 16.2. The maximum absolute atomic E-state index is 13.4. The highest BCUT2D eigenvalue weighted by Gasteiger charge is 2.20. The third-order valence-electron chi connectivity index (χ3n) is 5.77. The van der Waals surface area contributed by atoms with Crippen molar-refractivity contribution in [3.8, 4) is 17.3 Å². The van der Waals surface area contributed by atoms with Crippen LogP contribution in [0.5, 0.6) is 0 Å². The SMILES string of the molecule is CC(C)CCN(CCC(C)C)C(=O)c1ccc2nc(-c3ccc(C#N)cc3)c(CC=O)n2c1. The lowest BCUT2D eigenvalue weighted by Gasteiger charge is -2.24. The maximum atomic E-state index is 13.4. The molecule has 3 aromatic rings. The Hall–Kier alpha value is -3.46. The molecule has 0 N–H and O–H groups in total. The van der Waals surface area contributed by atoms with E-state index in [-0.39, 0.29) is 12.3 Å². The minimum Gasteiger partial charge on any atom is -0.339 e. The van der Waals surface area contributed by atoms with E-state index in [4.69, 9.17) is 10.2 Å². The molecule has 0 bridgehead atoms. The number of hydrogen-bond donors (Lipinski definition) is 0. The Morgan fingerprint density at radius 3 is 2.24 bits per heavy atom. The molecule has 3 rings (SSSR count). The second-order valence-electron chi connectivity index (χ2n) is 9.27. The summed E-state index contributed by atoms with van der Waals surface area (Å²) >= 11 is 0. The lowest BCUT2D eigenvalue weighted by atomic mass is 10.1. The van der Waals surface area contributed by atoms with Crippen LogP contribution in [0.1, 0.15) is 62.2 Å². The number of amides is 1. The Bertz CT molecular complexity index is 1140. The van der Waals surface area contributed by atoms with Crippen LogP contribution >= 0.6 is 0 Å². The molecule has 0 saturated carbocycles. The van der Waals surface area contributed by atoms with E-state index in [2.05, 4.69) is 33.8 Å². The number of rotatable bonds is 10. The number of hydrogen-bond acceptors (Lipinski definition) is 4. The van der Waals surface area contributed by atoms with Gasteiger partial charge >= 0.3 is 0 Å². The molecule has 0 unspecified atom stereocenters. The number of carbonyl (C=O) groups excluding carboxylic acids is 2. The van der Waals surface area contributed by atoms with E-state index in [9.17, 15) is 9.59 Å². The van der Waals surface area contributed by atoms with E-state index in [1.807, 2.05) is 33.6 Å². The van der Waals surface area contributed by atoms with Gasteiger partial charge in [0.05, 0.1) is 28.6 Å². The van der Waals surface area contributed by atoms with Crippen molar-refractivity contribution in [2.75, 3.05) is 13.1 Å². The first kappa shape index (κ1) is 24.2. The van der Waals surface area contributed by atoms with Crippen molar-refractivity contribution in [1.82, 2.24) is 14.3 Å². The van der Waals surface area contributed by atoms with Crippen molar-refractivity contribution in [1.29, 1.82) is 5.26 Å². The van der Waals surface area contributed by atoms with Gasteiger partial charge in [-0.25, -0.2) is 4.98 Å². The summed E-state index contributed by atoms with van der Waals surface area (Å²) < 4.78 is 1.85. The number of pyridine rings is 1.